The molecule has 2 rings (SSSR count). The summed E-state index contributed by atoms with van der Waals surface area (Å²) < 4.78 is 2.18. The van der Waals surface area contributed by atoms with Crippen molar-refractivity contribution in [1.82, 2.24) is 9.88 Å². The summed E-state index contributed by atoms with van der Waals surface area (Å²) >= 11 is 6.24. The van der Waals surface area contributed by atoms with Crippen LogP contribution in [-0.4, -0.2) is 11.1 Å². The smallest absolute Gasteiger partial charge is 0.0992 e. The monoisotopic (exact) mass is 301 g/mol. The third-order valence-corrected chi connectivity index (χ3v) is 3.66. The molecule has 0 aliphatic heterocycles. The molecule has 0 radical (unpaired) electrons. The number of halogens is 1. The van der Waals surface area contributed by atoms with Crippen LogP contribution in [0, 0.1) is 17.2 Å². The van der Waals surface area contributed by atoms with E-state index < -0.39 is 0 Å². The van der Waals surface area contributed by atoms with Gasteiger partial charge in [-0.15, -0.1) is 0 Å². The molecule has 0 saturated carbocycles. The molecule has 1 aromatic carbocycles. The molecule has 0 aliphatic carbocycles. The second-order valence-electron chi connectivity index (χ2n) is 5.57. The van der Waals surface area contributed by atoms with Crippen molar-refractivity contribution in [1.29, 1.82) is 5.26 Å². The van der Waals surface area contributed by atoms with Gasteiger partial charge in [-0.2, -0.15) is 5.26 Å². The van der Waals surface area contributed by atoms with Gasteiger partial charge in [0.25, 0.3) is 0 Å². The normalized spacial score (nSPS) is 10.8. The third kappa shape index (κ3) is 4.35. The lowest BCUT2D eigenvalue weighted by Gasteiger charge is -2.12. The maximum atomic E-state index is 8.87. The van der Waals surface area contributed by atoms with E-state index in [1.807, 2.05) is 12.1 Å². The van der Waals surface area contributed by atoms with Gasteiger partial charge in [-0.25, -0.2) is 0 Å². The number of benzene rings is 1. The average molecular weight is 302 g/mol. The van der Waals surface area contributed by atoms with Crippen LogP contribution in [-0.2, 0) is 13.1 Å². The van der Waals surface area contributed by atoms with E-state index >= 15 is 0 Å². The zero-order chi connectivity index (χ0) is 15.2. The lowest BCUT2D eigenvalue weighted by atomic mass is 10.1. The Balaban J connectivity index is 2.07. The Morgan fingerprint density at radius 1 is 1.33 bits per heavy atom. The predicted molar refractivity (Wildman–Crippen MR) is 86.2 cm³/mol. The summed E-state index contributed by atoms with van der Waals surface area (Å²) in [5, 5.41) is 13.0. The Morgan fingerprint density at radius 3 is 2.81 bits per heavy atom. The van der Waals surface area contributed by atoms with E-state index in [-0.39, 0.29) is 0 Å². The van der Waals surface area contributed by atoms with Gasteiger partial charge >= 0.3 is 0 Å². The van der Waals surface area contributed by atoms with Crippen molar-refractivity contribution < 1.29 is 0 Å². The number of aromatic nitrogens is 1. The minimum Gasteiger partial charge on any atom is -0.346 e. The second kappa shape index (κ2) is 7.31. The van der Waals surface area contributed by atoms with Crippen LogP contribution >= 0.6 is 11.6 Å². The molecule has 110 valence electrons. The molecule has 0 aliphatic rings. The molecule has 0 atom stereocenters. The van der Waals surface area contributed by atoms with Crippen LogP contribution < -0.4 is 5.32 Å². The summed E-state index contributed by atoms with van der Waals surface area (Å²) in [7, 11) is 0. The molecule has 0 saturated heterocycles. The largest absolute Gasteiger partial charge is 0.346 e. The number of nitriles is 1. The minimum atomic E-state index is 0.593. The van der Waals surface area contributed by atoms with Crippen molar-refractivity contribution in [3.63, 3.8) is 0 Å². The maximum absolute atomic E-state index is 8.87. The van der Waals surface area contributed by atoms with E-state index in [4.69, 9.17) is 16.9 Å². The van der Waals surface area contributed by atoms with Gasteiger partial charge in [0.2, 0.25) is 0 Å². The molecule has 1 N–H and O–H groups in total. The molecule has 0 fully saturated rings. The predicted octanol–water partition coefficient (Wildman–Crippen LogP) is 3.81. The van der Waals surface area contributed by atoms with Gasteiger partial charge in [-0.1, -0.05) is 31.5 Å². The van der Waals surface area contributed by atoms with Gasteiger partial charge in [0, 0.05) is 30.0 Å². The number of rotatable bonds is 6. The first kappa shape index (κ1) is 15.6. The summed E-state index contributed by atoms with van der Waals surface area (Å²) in [5.41, 5.74) is 2.85. The van der Waals surface area contributed by atoms with Crippen molar-refractivity contribution in [2.75, 3.05) is 6.54 Å². The van der Waals surface area contributed by atoms with Gasteiger partial charge in [0.15, 0.2) is 0 Å². The minimum absolute atomic E-state index is 0.593. The topological polar surface area (TPSA) is 40.8 Å². The highest BCUT2D eigenvalue weighted by Crippen LogP contribution is 2.19. The van der Waals surface area contributed by atoms with Gasteiger partial charge in [-0.05, 0) is 42.3 Å². The fourth-order valence-corrected chi connectivity index (χ4v) is 2.42. The van der Waals surface area contributed by atoms with Crippen molar-refractivity contribution in [2.24, 2.45) is 5.92 Å². The molecule has 4 heteroatoms. The quantitative estimate of drug-likeness (QED) is 0.881. The van der Waals surface area contributed by atoms with Gasteiger partial charge in [-0.3, -0.25) is 0 Å². The Labute approximate surface area is 131 Å². The highest BCUT2D eigenvalue weighted by molar-refractivity contribution is 6.31. The summed E-state index contributed by atoms with van der Waals surface area (Å²) in [6, 6.07) is 11.7. The average Bonchev–Trinajstić information content (AvgIpc) is 2.88. The molecule has 0 amide bonds. The van der Waals surface area contributed by atoms with Crippen LogP contribution in [0.5, 0.6) is 0 Å². The molecular formula is C17H20ClN3. The van der Waals surface area contributed by atoms with Crippen molar-refractivity contribution in [3.05, 3.63) is 58.4 Å². The first-order chi connectivity index (χ1) is 10.1. The van der Waals surface area contributed by atoms with Gasteiger partial charge < -0.3 is 9.88 Å². The van der Waals surface area contributed by atoms with Crippen molar-refractivity contribution in [2.45, 2.75) is 26.9 Å². The molecule has 3 nitrogen and oxygen atoms in total. The fourth-order valence-electron chi connectivity index (χ4n) is 2.18. The first-order valence-electron chi connectivity index (χ1n) is 7.13. The fraction of sp³-hybridized carbons (Fsp3) is 0.353. The lowest BCUT2D eigenvalue weighted by Crippen LogP contribution is -2.21. The van der Waals surface area contributed by atoms with Gasteiger partial charge in [0.1, 0.15) is 0 Å². The van der Waals surface area contributed by atoms with E-state index in [1.165, 1.54) is 5.69 Å². The molecule has 0 unspecified atom stereocenters. The summed E-state index contributed by atoms with van der Waals surface area (Å²) in [6.45, 7) is 6.96. The van der Waals surface area contributed by atoms with Crippen LogP contribution in [0.1, 0.15) is 30.7 Å². The number of hydrogen-bond donors (Lipinski definition) is 1. The number of nitrogens with one attached hydrogen (secondary N) is 1. The Morgan fingerprint density at radius 2 is 2.14 bits per heavy atom. The van der Waals surface area contributed by atoms with Crippen LogP contribution in [0.4, 0.5) is 0 Å². The number of nitrogens with zero attached hydrogens (tertiary/aromatic N) is 2. The molecular weight excluding hydrogens is 282 g/mol. The third-order valence-electron chi connectivity index (χ3n) is 3.31. The van der Waals surface area contributed by atoms with Gasteiger partial charge in [0.05, 0.1) is 11.6 Å². The Hall–Kier alpha value is -1.76. The first-order valence-corrected chi connectivity index (χ1v) is 7.51. The molecule has 2 aromatic rings. The van der Waals surface area contributed by atoms with Crippen LogP contribution in [0.2, 0.25) is 5.02 Å². The molecule has 1 aromatic heterocycles. The summed E-state index contributed by atoms with van der Waals surface area (Å²) in [4.78, 5) is 0. The molecule has 21 heavy (non-hydrogen) atoms. The van der Waals surface area contributed by atoms with Crippen LogP contribution in [0.15, 0.2) is 36.5 Å². The molecule has 0 spiro atoms. The summed E-state index contributed by atoms with van der Waals surface area (Å²) in [5.74, 6) is 0.640. The lowest BCUT2D eigenvalue weighted by molar-refractivity contribution is 0.539. The molecule has 1 heterocycles. The van der Waals surface area contributed by atoms with Crippen molar-refractivity contribution in [3.8, 4) is 6.07 Å². The highest BCUT2D eigenvalue weighted by Gasteiger charge is 2.06. The van der Waals surface area contributed by atoms with Crippen LogP contribution in [0.3, 0.4) is 0 Å². The zero-order valence-electron chi connectivity index (χ0n) is 12.4. The zero-order valence-corrected chi connectivity index (χ0v) is 13.2. The maximum Gasteiger partial charge on any atom is 0.0992 e. The van der Waals surface area contributed by atoms with E-state index in [2.05, 4.69) is 42.1 Å². The van der Waals surface area contributed by atoms with E-state index in [0.29, 0.717) is 16.5 Å². The standard InChI is InChI=1S/C17H20ClN3/c1-13(2)10-20-11-16-4-3-7-21(16)12-15-6-5-14(9-19)8-17(15)18/h3-8,13,20H,10-12H2,1-2H3. The Bertz CT molecular complexity index is 638. The molecule has 0 bridgehead atoms. The highest BCUT2D eigenvalue weighted by atomic mass is 35.5. The van der Waals surface area contributed by atoms with Crippen LogP contribution in [0.25, 0.3) is 0 Å². The Kier molecular flexibility index (Phi) is 5.44. The van der Waals surface area contributed by atoms with E-state index in [0.717, 1.165) is 25.2 Å². The van der Waals surface area contributed by atoms with E-state index in [1.54, 1.807) is 12.1 Å². The SMILES string of the molecule is CC(C)CNCc1cccn1Cc1ccc(C#N)cc1Cl. The summed E-state index contributed by atoms with van der Waals surface area (Å²) in [6.07, 6.45) is 2.06. The van der Waals surface area contributed by atoms with E-state index in [9.17, 15) is 0 Å². The second-order valence-corrected chi connectivity index (χ2v) is 5.98. The number of hydrogen-bond acceptors (Lipinski definition) is 2. The van der Waals surface area contributed by atoms with Crippen molar-refractivity contribution >= 4 is 11.6 Å².